The molecule has 1 fully saturated rings. The molecule has 1 amide bonds. The Hall–Kier alpha value is -2.54. The number of rotatable bonds is 5. The van der Waals surface area contributed by atoms with Gasteiger partial charge in [0.05, 0.1) is 11.6 Å². The number of aldehydes is 1. The van der Waals surface area contributed by atoms with Crippen molar-refractivity contribution >= 4 is 25.7 Å². The third-order valence-electron chi connectivity index (χ3n) is 4.62. The van der Waals surface area contributed by atoms with Crippen LogP contribution in [-0.4, -0.2) is 46.4 Å². The molecule has 0 bridgehead atoms. The number of hydrogen-bond acceptors (Lipinski definition) is 5. The Morgan fingerprint density at radius 2 is 2.19 bits per heavy atom. The van der Waals surface area contributed by atoms with Crippen LogP contribution in [0.4, 0.5) is 0 Å². The van der Waals surface area contributed by atoms with Crippen LogP contribution in [0.3, 0.4) is 0 Å². The van der Waals surface area contributed by atoms with Gasteiger partial charge in [-0.15, -0.1) is 0 Å². The summed E-state index contributed by atoms with van der Waals surface area (Å²) in [5.74, 6) is 0.189. The van der Waals surface area contributed by atoms with E-state index in [-0.39, 0.29) is 43.4 Å². The van der Waals surface area contributed by atoms with E-state index < -0.39 is 0 Å². The second kappa shape index (κ2) is 9.41. The molecule has 1 saturated heterocycles. The van der Waals surface area contributed by atoms with E-state index in [2.05, 4.69) is 4.98 Å². The fourth-order valence-electron chi connectivity index (χ4n) is 3.25. The minimum absolute atomic E-state index is 0. The van der Waals surface area contributed by atoms with Gasteiger partial charge in [-0.05, 0) is 50.5 Å². The maximum atomic E-state index is 12.9. The summed E-state index contributed by atoms with van der Waals surface area (Å²) >= 11 is 0. The number of piperidine rings is 1. The molecule has 1 aliphatic rings. The van der Waals surface area contributed by atoms with Crippen molar-refractivity contribution in [3.63, 3.8) is 0 Å². The topological polar surface area (TPSA) is 79.7 Å². The van der Waals surface area contributed by atoms with Gasteiger partial charge >= 0.3 is 0 Å². The first-order chi connectivity index (χ1) is 12.6. The Kier molecular flexibility index (Phi) is 7.24. The number of benzene rings is 1. The smallest absolute Gasteiger partial charge is 0.254 e. The van der Waals surface area contributed by atoms with Crippen molar-refractivity contribution in [2.75, 3.05) is 13.2 Å². The lowest BCUT2D eigenvalue weighted by molar-refractivity contribution is 0.0526. The lowest BCUT2D eigenvalue weighted by Crippen LogP contribution is -2.46. The van der Waals surface area contributed by atoms with E-state index in [1.807, 2.05) is 11.8 Å². The van der Waals surface area contributed by atoms with Crippen molar-refractivity contribution in [1.82, 2.24) is 9.88 Å². The van der Waals surface area contributed by atoms with Gasteiger partial charge in [0.1, 0.15) is 18.1 Å². The van der Waals surface area contributed by atoms with Crippen LogP contribution in [0.5, 0.6) is 11.5 Å². The second-order valence-electron chi connectivity index (χ2n) is 6.45. The summed E-state index contributed by atoms with van der Waals surface area (Å²) in [6.45, 7) is 2.81. The Morgan fingerprint density at radius 3 is 2.93 bits per heavy atom. The Morgan fingerprint density at radius 1 is 1.37 bits per heavy atom. The quantitative estimate of drug-likeness (QED) is 0.796. The van der Waals surface area contributed by atoms with E-state index in [1.54, 1.807) is 30.5 Å². The number of ether oxygens (including phenoxy) is 1. The molecule has 1 aliphatic heterocycles. The molecule has 1 aromatic heterocycles. The van der Waals surface area contributed by atoms with E-state index in [0.29, 0.717) is 24.1 Å². The first-order valence-electron chi connectivity index (χ1n) is 8.73. The van der Waals surface area contributed by atoms with Crippen molar-refractivity contribution in [2.24, 2.45) is 0 Å². The molecule has 0 saturated carbocycles. The van der Waals surface area contributed by atoms with Gasteiger partial charge in [-0.3, -0.25) is 14.6 Å². The molecule has 6 nitrogen and oxygen atoms in total. The van der Waals surface area contributed by atoms with Crippen LogP contribution in [-0.2, 0) is 0 Å². The third-order valence-corrected chi connectivity index (χ3v) is 4.62. The summed E-state index contributed by atoms with van der Waals surface area (Å²) in [7, 11) is 0. The first kappa shape index (κ1) is 20.8. The maximum absolute atomic E-state index is 12.9. The summed E-state index contributed by atoms with van der Waals surface area (Å²) in [6, 6.07) is 8.15. The molecule has 144 valence electrons. The molecule has 3 rings (SSSR count). The number of phenolic OH excluding ortho intramolecular Hbond substituents is 1. The largest absolute Gasteiger partial charge is 0.507 e. The molecule has 1 aromatic carbocycles. The molecule has 27 heavy (non-hydrogen) atoms. The SMILES string of the molecule is Cc1cc(C(=O)N2CCCC[C@H]2COc2cccc(O)c2C=O)ccn1.S. The predicted octanol–water partition coefficient (Wildman–Crippen LogP) is 3.09. The molecular formula is C20H24N2O4S. The highest BCUT2D eigenvalue weighted by atomic mass is 32.1. The van der Waals surface area contributed by atoms with Crippen molar-refractivity contribution < 1.29 is 19.4 Å². The van der Waals surface area contributed by atoms with Gasteiger partial charge in [0, 0.05) is 24.0 Å². The predicted molar refractivity (Wildman–Crippen MR) is 107 cm³/mol. The van der Waals surface area contributed by atoms with Crippen LogP contribution in [0, 0.1) is 6.92 Å². The Balaban J connectivity index is 0.00000261. The van der Waals surface area contributed by atoms with Gasteiger partial charge in [-0.25, -0.2) is 0 Å². The van der Waals surface area contributed by atoms with E-state index in [9.17, 15) is 14.7 Å². The number of aromatic nitrogens is 1. The highest BCUT2D eigenvalue weighted by Crippen LogP contribution is 2.27. The van der Waals surface area contributed by atoms with Crippen LogP contribution in [0.1, 0.15) is 45.7 Å². The highest BCUT2D eigenvalue weighted by molar-refractivity contribution is 7.59. The third kappa shape index (κ3) is 4.80. The zero-order valence-electron chi connectivity index (χ0n) is 15.2. The lowest BCUT2D eigenvalue weighted by atomic mass is 10.0. The number of aromatic hydroxyl groups is 1. The number of nitrogens with zero attached hydrogens (tertiary/aromatic N) is 2. The van der Waals surface area contributed by atoms with Crippen LogP contribution >= 0.6 is 13.5 Å². The second-order valence-corrected chi connectivity index (χ2v) is 6.45. The van der Waals surface area contributed by atoms with Gasteiger partial charge in [0.2, 0.25) is 0 Å². The zero-order valence-corrected chi connectivity index (χ0v) is 16.2. The fourth-order valence-corrected chi connectivity index (χ4v) is 3.25. The van der Waals surface area contributed by atoms with Crippen LogP contribution in [0.25, 0.3) is 0 Å². The van der Waals surface area contributed by atoms with Gasteiger partial charge < -0.3 is 14.7 Å². The van der Waals surface area contributed by atoms with Crippen LogP contribution in [0.15, 0.2) is 36.5 Å². The molecule has 2 aromatic rings. The van der Waals surface area contributed by atoms with E-state index in [1.165, 1.54) is 6.07 Å². The molecule has 0 aliphatic carbocycles. The number of amides is 1. The van der Waals surface area contributed by atoms with Crippen molar-refractivity contribution in [3.8, 4) is 11.5 Å². The minimum atomic E-state index is -0.110. The normalized spacial score (nSPS) is 16.3. The summed E-state index contributed by atoms with van der Waals surface area (Å²) < 4.78 is 5.79. The van der Waals surface area contributed by atoms with E-state index in [4.69, 9.17) is 4.74 Å². The number of pyridine rings is 1. The molecule has 2 heterocycles. The van der Waals surface area contributed by atoms with E-state index >= 15 is 0 Å². The molecule has 7 heteroatoms. The summed E-state index contributed by atoms with van der Waals surface area (Å²) in [5.41, 5.74) is 1.55. The van der Waals surface area contributed by atoms with Crippen LogP contribution < -0.4 is 4.74 Å². The number of phenols is 1. The number of hydrogen-bond donors (Lipinski definition) is 1. The monoisotopic (exact) mass is 388 g/mol. The van der Waals surface area contributed by atoms with Gasteiger partial charge in [-0.2, -0.15) is 13.5 Å². The Bertz CT molecular complexity index is 812. The zero-order chi connectivity index (χ0) is 18.5. The first-order valence-corrected chi connectivity index (χ1v) is 8.73. The average molecular weight is 388 g/mol. The molecule has 1 N–H and O–H groups in total. The standard InChI is InChI=1S/C20H22N2O4.H2S/c1-14-11-15(8-9-21-14)20(25)22-10-3-2-5-16(22)13-26-19-7-4-6-18(24)17(19)12-23;/h4,6-9,11-12,16,24H,2-3,5,10,13H2,1H3;1H2/t16-;/m0./s1. The molecule has 0 unspecified atom stereocenters. The van der Waals surface area contributed by atoms with E-state index in [0.717, 1.165) is 25.0 Å². The lowest BCUT2D eigenvalue weighted by Gasteiger charge is -2.35. The average Bonchev–Trinajstić information content (AvgIpc) is 2.66. The fraction of sp³-hybridized carbons (Fsp3) is 0.350. The van der Waals surface area contributed by atoms with Crippen molar-refractivity contribution in [3.05, 3.63) is 53.3 Å². The highest BCUT2D eigenvalue weighted by Gasteiger charge is 2.28. The minimum Gasteiger partial charge on any atom is -0.507 e. The van der Waals surface area contributed by atoms with Crippen molar-refractivity contribution in [1.29, 1.82) is 0 Å². The summed E-state index contributed by atoms with van der Waals surface area (Å²) in [6.07, 6.45) is 5.03. The van der Waals surface area contributed by atoms with Gasteiger partial charge in [-0.1, -0.05) is 6.07 Å². The summed E-state index contributed by atoms with van der Waals surface area (Å²) in [4.78, 5) is 30.0. The summed E-state index contributed by atoms with van der Waals surface area (Å²) in [5, 5.41) is 9.76. The number of carbonyl (C=O) groups is 2. The molecule has 0 radical (unpaired) electrons. The van der Waals surface area contributed by atoms with Crippen molar-refractivity contribution in [2.45, 2.75) is 32.2 Å². The molecular weight excluding hydrogens is 364 g/mol. The number of carbonyl (C=O) groups excluding carboxylic acids is 2. The van der Waals surface area contributed by atoms with Gasteiger partial charge in [0.25, 0.3) is 5.91 Å². The Labute approximate surface area is 165 Å². The van der Waals surface area contributed by atoms with Crippen LogP contribution in [0.2, 0.25) is 0 Å². The molecule has 1 atom stereocenters. The number of likely N-dealkylation sites (tertiary alicyclic amines) is 1. The number of aryl methyl sites for hydroxylation is 1. The van der Waals surface area contributed by atoms with Gasteiger partial charge in [0.15, 0.2) is 6.29 Å². The maximum Gasteiger partial charge on any atom is 0.254 e. The molecule has 0 spiro atoms.